The lowest BCUT2D eigenvalue weighted by Crippen LogP contribution is -2.61. The molecule has 0 radical (unpaired) electrons. The van der Waals surface area contributed by atoms with E-state index in [-0.39, 0.29) is 28.7 Å². The van der Waals surface area contributed by atoms with E-state index >= 15 is 0 Å². The summed E-state index contributed by atoms with van der Waals surface area (Å²) in [5.74, 6) is 0.585. The fourth-order valence-electron chi connectivity index (χ4n) is 6.46. The maximum atomic E-state index is 13.2. The van der Waals surface area contributed by atoms with Crippen molar-refractivity contribution < 1.29 is 14.3 Å². The van der Waals surface area contributed by atoms with Crippen LogP contribution in [0.15, 0.2) is 48.5 Å². The molecular formula is C26H30N2O3. The predicted octanol–water partition coefficient (Wildman–Crippen LogP) is 4.12. The number of fused-ring (bicyclic) bond motifs is 2. The largest absolute Gasteiger partial charge is 0.497 e. The average molecular weight is 419 g/mol. The van der Waals surface area contributed by atoms with Crippen molar-refractivity contribution in [1.82, 2.24) is 9.80 Å². The lowest BCUT2D eigenvalue weighted by Gasteiger charge is -2.60. The van der Waals surface area contributed by atoms with Gasteiger partial charge in [-0.05, 0) is 74.5 Å². The average Bonchev–Trinajstić information content (AvgIpc) is 3.03. The van der Waals surface area contributed by atoms with Crippen LogP contribution in [0.25, 0.3) is 0 Å². The Balaban J connectivity index is 1.56. The summed E-state index contributed by atoms with van der Waals surface area (Å²) in [6.07, 6.45) is 3.64. The van der Waals surface area contributed by atoms with Crippen molar-refractivity contribution >= 4 is 11.8 Å². The Kier molecular flexibility index (Phi) is 4.70. The fraction of sp³-hybridized carbons (Fsp3) is 0.462. The Morgan fingerprint density at radius 2 is 1.71 bits per heavy atom. The van der Waals surface area contributed by atoms with Gasteiger partial charge in [-0.1, -0.05) is 31.2 Å². The monoisotopic (exact) mass is 418 g/mol. The Morgan fingerprint density at radius 3 is 2.39 bits per heavy atom. The van der Waals surface area contributed by atoms with E-state index in [0.29, 0.717) is 11.1 Å². The number of ether oxygens (including phenoxy) is 1. The molecule has 1 saturated heterocycles. The van der Waals surface area contributed by atoms with E-state index < -0.39 is 0 Å². The van der Waals surface area contributed by atoms with Crippen LogP contribution in [0.1, 0.15) is 58.9 Å². The van der Waals surface area contributed by atoms with Crippen LogP contribution in [0.5, 0.6) is 5.75 Å². The molecule has 1 aliphatic carbocycles. The molecule has 3 atom stereocenters. The third-order valence-electron chi connectivity index (χ3n) is 8.12. The minimum absolute atomic E-state index is 0.0710. The summed E-state index contributed by atoms with van der Waals surface area (Å²) in [5.41, 5.74) is 2.32. The topological polar surface area (TPSA) is 49.9 Å². The molecule has 162 valence electrons. The van der Waals surface area contributed by atoms with E-state index in [1.807, 2.05) is 18.2 Å². The number of imide groups is 1. The number of hydrogen-bond acceptors (Lipinski definition) is 4. The van der Waals surface area contributed by atoms with E-state index in [4.69, 9.17) is 4.74 Å². The maximum Gasteiger partial charge on any atom is 0.261 e. The molecule has 2 amide bonds. The van der Waals surface area contributed by atoms with Gasteiger partial charge in [0.2, 0.25) is 0 Å². The fourth-order valence-corrected chi connectivity index (χ4v) is 6.46. The minimum atomic E-state index is -0.136. The Hall–Kier alpha value is -2.66. The second-order valence-corrected chi connectivity index (χ2v) is 9.79. The molecule has 31 heavy (non-hydrogen) atoms. The number of carbonyl (C=O) groups is 2. The Morgan fingerprint density at radius 1 is 1.00 bits per heavy atom. The molecule has 1 unspecified atom stereocenters. The van der Waals surface area contributed by atoms with Crippen molar-refractivity contribution in [2.24, 2.45) is 5.41 Å². The summed E-state index contributed by atoms with van der Waals surface area (Å²) in [6, 6.07) is 15.5. The van der Waals surface area contributed by atoms with Gasteiger partial charge in [0.15, 0.2) is 0 Å². The van der Waals surface area contributed by atoms with Gasteiger partial charge in [0.05, 0.1) is 18.2 Å². The summed E-state index contributed by atoms with van der Waals surface area (Å²) >= 11 is 0. The third kappa shape index (κ3) is 2.93. The summed E-state index contributed by atoms with van der Waals surface area (Å²) in [5, 5.41) is 0. The first-order valence-corrected chi connectivity index (χ1v) is 11.2. The molecule has 0 bridgehead atoms. The van der Waals surface area contributed by atoms with Gasteiger partial charge in [-0.15, -0.1) is 0 Å². The minimum Gasteiger partial charge on any atom is -0.497 e. The van der Waals surface area contributed by atoms with Gasteiger partial charge < -0.3 is 9.64 Å². The van der Waals surface area contributed by atoms with Crippen LogP contribution in [-0.2, 0) is 5.41 Å². The van der Waals surface area contributed by atoms with Crippen molar-refractivity contribution in [1.29, 1.82) is 0 Å². The SMILES string of the molecule is COc1cccc([C@]23CCN(C)C[C@@]2(C)CCC(N2C(=O)c4ccccc4C2=O)C3)c1. The smallest absolute Gasteiger partial charge is 0.261 e. The number of nitrogens with zero attached hydrogens (tertiary/aromatic N) is 2. The van der Waals surface area contributed by atoms with Gasteiger partial charge in [0, 0.05) is 18.0 Å². The van der Waals surface area contributed by atoms with Crippen LogP contribution in [0.2, 0.25) is 0 Å². The zero-order valence-corrected chi connectivity index (χ0v) is 18.6. The van der Waals surface area contributed by atoms with Crippen molar-refractivity contribution in [3.05, 3.63) is 65.2 Å². The summed E-state index contributed by atoms with van der Waals surface area (Å²) in [4.78, 5) is 30.4. The van der Waals surface area contributed by atoms with E-state index in [1.165, 1.54) is 5.56 Å². The van der Waals surface area contributed by atoms with Crippen LogP contribution in [0.3, 0.4) is 0 Å². The second kappa shape index (κ2) is 7.20. The van der Waals surface area contributed by atoms with E-state index in [9.17, 15) is 9.59 Å². The normalized spacial score (nSPS) is 30.8. The molecular weight excluding hydrogens is 388 g/mol. The highest BCUT2D eigenvalue weighted by atomic mass is 16.5. The standard InChI is InChI=1S/C26H30N2O3/c1-25-12-11-19(28-23(29)21-9-4-5-10-22(21)24(28)30)16-26(25,13-14-27(2)17-25)18-7-6-8-20(15-18)31-3/h4-10,15,19H,11-14,16-17H2,1-3H3/t19?,25-,26-/m1/s1. The number of carbonyl (C=O) groups excluding carboxylic acids is 2. The number of piperidine rings is 1. The van der Waals surface area contributed by atoms with Gasteiger partial charge in [-0.3, -0.25) is 14.5 Å². The van der Waals surface area contributed by atoms with Gasteiger partial charge in [0.1, 0.15) is 5.75 Å². The van der Waals surface area contributed by atoms with Crippen LogP contribution in [0, 0.1) is 5.41 Å². The summed E-state index contributed by atoms with van der Waals surface area (Å²) in [7, 11) is 3.89. The zero-order chi connectivity index (χ0) is 21.8. The molecule has 5 rings (SSSR count). The highest BCUT2D eigenvalue weighted by Gasteiger charge is 2.57. The number of amides is 2. The molecule has 2 fully saturated rings. The molecule has 1 saturated carbocycles. The first-order valence-electron chi connectivity index (χ1n) is 11.2. The predicted molar refractivity (Wildman–Crippen MR) is 119 cm³/mol. The molecule has 2 aliphatic heterocycles. The lowest BCUT2D eigenvalue weighted by atomic mass is 9.50. The molecule has 2 aromatic carbocycles. The van der Waals surface area contributed by atoms with Gasteiger partial charge >= 0.3 is 0 Å². The number of rotatable bonds is 3. The highest BCUT2D eigenvalue weighted by molar-refractivity contribution is 6.21. The van der Waals surface area contributed by atoms with Crippen LogP contribution in [-0.4, -0.2) is 54.9 Å². The van der Waals surface area contributed by atoms with Gasteiger partial charge in [0.25, 0.3) is 11.8 Å². The molecule has 0 aromatic heterocycles. The van der Waals surface area contributed by atoms with Crippen LogP contribution >= 0.6 is 0 Å². The quantitative estimate of drug-likeness (QED) is 0.704. The van der Waals surface area contributed by atoms with Crippen LogP contribution < -0.4 is 4.74 Å². The summed E-state index contributed by atoms with van der Waals surface area (Å²) in [6.45, 7) is 4.40. The number of benzene rings is 2. The van der Waals surface area contributed by atoms with E-state index in [2.05, 4.69) is 37.1 Å². The van der Waals surface area contributed by atoms with Crippen molar-refractivity contribution in [2.75, 3.05) is 27.2 Å². The molecule has 5 nitrogen and oxygen atoms in total. The molecule has 2 aromatic rings. The Bertz CT molecular complexity index is 1020. The molecule has 2 heterocycles. The lowest BCUT2D eigenvalue weighted by molar-refractivity contribution is -0.0355. The first-order chi connectivity index (χ1) is 14.9. The van der Waals surface area contributed by atoms with Crippen molar-refractivity contribution in [3.63, 3.8) is 0 Å². The van der Waals surface area contributed by atoms with E-state index in [0.717, 1.165) is 44.5 Å². The van der Waals surface area contributed by atoms with Crippen LogP contribution in [0.4, 0.5) is 0 Å². The zero-order valence-electron chi connectivity index (χ0n) is 18.6. The third-order valence-corrected chi connectivity index (χ3v) is 8.12. The van der Waals surface area contributed by atoms with Gasteiger partial charge in [-0.2, -0.15) is 0 Å². The summed E-state index contributed by atoms with van der Waals surface area (Å²) < 4.78 is 5.55. The molecule has 0 N–H and O–H groups in total. The maximum absolute atomic E-state index is 13.2. The number of likely N-dealkylation sites (tertiary alicyclic amines) is 1. The number of hydrogen-bond donors (Lipinski definition) is 0. The highest BCUT2D eigenvalue weighted by Crippen LogP contribution is 2.58. The molecule has 0 spiro atoms. The number of methoxy groups -OCH3 is 1. The molecule has 3 aliphatic rings. The second-order valence-electron chi connectivity index (χ2n) is 9.79. The first kappa shape index (κ1) is 20.3. The Labute approximate surface area is 184 Å². The molecule has 5 heteroatoms. The van der Waals surface area contributed by atoms with Crippen molar-refractivity contribution in [3.8, 4) is 5.75 Å². The van der Waals surface area contributed by atoms with Gasteiger partial charge in [-0.25, -0.2) is 0 Å². The van der Waals surface area contributed by atoms with E-state index in [1.54, 1.807) is 24.1 Å². The van der Waals surface area contributed by atoms with Crippen molar-refractivity contribution in [2.45, 2.75) is 44.1 Å².